The molecule has 3 heterocycles. The zero-order valence-corrected chi connectivity index (χ0v) is 17.4. The summed E-state index contributed by atoms with van der Waals surface area (Å²) >= 11 is 0. The maximum atomic E-state index is 4.89. The lowest BCUT2D eigenvalue weighted by atomic mass is 9.95. The molecule has 3 aromatic heterocycles. The molecule has 2 saturated carbocycles. The fraction of sp³-hybridized carbons (Fsp3) is 0.391. The first kappa shape index (κ1) is 18.4. The van der Waals surface area contributed by atoms with Crippen LogP contribution >= 0.6 is 0 Å². The molecule has 0 spiro atoms. The maximum absolute atomic E-state index is 4.89. The average molecular weight is 415 g/mol. The lowest BCUT2D eigenvalue weighted by Gasteiger charge is -2.23. The smallest absolute Gasteiger partial charge is 0.231 e. The van der Waals surface area contributed by atoms with Crippen molar-refractivity contribution < 1.29 is 0 Å². The van der Waals surface area contributed by atoms with Crippen molar-refractivity contribution in [3.05, 3.63) is 49.3 Å². The fourth-order valence-corrected chi connectivity index (χ4v) is 4.38. The largest absolute Gasteiger partial charge is 0.365 e. The van der Waals surface area contributed by atoms with Gasteiger partial charge in [0.25, 0.3) is 0 Å². The summed E-state index contributed by atoms with van der Waals surface area (Å²) in [5.74, 6) is 1.43. The number of nitrogens with one attached hydrogen (secondary N) is 2. The van der Waals surface area contributed by atoms with E-state index >= 15 is 0 Å². The third-order valence-corrected chi connectivity index (χ3v) is 6.23. The molecular formula is C23H26N8. The Bertz CT molecular complexity index is 1170. The summed E-state index contributed by atoms with van der Waals surface area (Å²) in [6.07, 6.45) is 16.1. The van der Waals surface area contributed by atoms with Crippen molar-refractivity contribution in [2.75, 3.05) is 10.6 Å². The van der Waals surface area contributed by atoms with Gasteiger partial charge in [0.2, 0.25) is 5.95 Å². The molecule has 0 radical (unpaired) electrons. The predicted molar refractivity (Wildman–Crippen MR) is 121 cm³/mol. The van der Waals surface area contributed by atoms with Crippen LogP contribution in [-0.2, 0) is 0 Å². The highest BCUT2D eigenvalue weighted by molar-refractivity contribution is 5.85. The second-order valence-electron chi connectivity index (χ2n) is 8.57. The minimum Gasteiger partial charge on any atom is -0.365 e. The van der Waals surface area contributed by atoms with Crippen molar-refractivity contribution in [2.45, 2.75) is 57.0 Å². The first-order chi connectivity index (χ1) is 15.3. The first-order valence-electron chi connectivity index (χ1n) is 11.2. The van der Waals surface area contributed by atoms with Gasteiger partial charge >= 0.3 is 0 Å². The second kappa shape index (κ2) is 7.68. The third kappa shape index (κ3) is 3.73. The van der Waals surface area contributed by atoms with Crippen molar-refractivity contribution in [1.82, 2.24) is 29.1 Å². The van der Waals surface area contributed by atoms with Crippen molar-refractivity contribution in [3.8, 4) is 5.69 Å². The van der Waals surface area contributed by atoms with Gasteiger partial charge in [-0.05, 0) is 49.9 Å². The van der Waals surface area contributed by atoms with Gasteiger partial charge in [0.15, 0.2) is 17.0 Å². The topological polar surface area (TPSA) is 85.5 Å². The van der Waals surface area contributed by atoms with Crippen molar-refractivity contribution in [2.24, 2.45) is 0 Å². The van der Waals surface area contributed by atoms with E-state index in [1.807, 2.05) is 29.2 Å². The van der Waals surface area contributed by atoms with Crippen LogP contribution in [0.25, 0.3) is 16.9 Å². The van der Waals surface area contributed by atoms with Crippen molar-refractivity contribution in [1.29, 1.82) is 0 Å². The molecule has 2 fully saturated rings. The molecule has 1 aromatic carbocycles. The van der Waals surface area contributed by atoms with E-state index in [1.165, 1.54) is 44.9 Å². The van der Waals surface area contributed by atoms with Gasteiger partial charge in [-0.25, -0.2) is 9.97 Å². The summed E-state index contributed by atoms with van der Waals surface area (Å²) in [5.41, 5.74) is 3.80. The molecule has 8 nitrogen and oxygen atoms in total. The quantitative estimate of drug-likeness (QED) is 0.470. The fourth-order valence-electron chi connectivity index (χ4n) is 4.38. The van der Waals surface area contributed by atoms with E-state index in [0.29, 0.717) is 18.0 Å². The van der Waals surface area contributed by atoms with E-state index in [1.54, 1.807) is 12.5 Å². The van der Waals surface area contributed by atoms with E-state index in [4.69, 9.17) is 15.0 Å². The Balaban J connectivity index is 1.33. The number of imidazole rings is 2. The lowest BCUT2D eigenvalue weighted by molar-refractivity contribution is 0.358. The molecule has 8 heteroatoms. The summed E-state index contributed by atoms with van der Waals surface area (Å²) in [6, 6.07) is 9.16. The highest BCUT2D eigenvalue weighted by Gasteiger charge is 2.25. The number of nitrogens with zero attached hydrogens (tertiary/aromatic N) is 6. The summed E-state index contributed by atoms with van der Waals surface area (Å²) in [7, 11) is 0. The highest BCUT2D eigenvalue weighted by Crippen LogP contribution is 2.33. The third-order valence-electron chi connectivity index (χ3n) is 6.23. The van der Waals surface area contributed by atoms with Gasteiger partial charge in [0.1, 0.15) is 0 Å². The number of anilines is 3. The molecule has 0 amide bonds. The summed E-state index contributed by atoms with van der Waals surface area (Å²) in [6.45, 7) is 0. The van der Waals surface area contributed by atoms with Crippen LogP contribution in [0.4, 0.5) is 17.5 Å². The highest BCUT2D eigenvalue weighted by atomic mass is 15.2. The molecule has 2 aliphatic rings. The summed E-state index contributed by atoms with van der Waals surface area (Å²) < 4.78 is 4.24. The van der Waals surface area contributed by atoms with E-state index in [0.717, 1.165) is 28.4 Å². The maximum Gasteiger partial charge on any atom is 0.231 e. The molecule has 0 atom stereocenters. The zero-order chi connectivity index (χ0) is 20.6. The molecular weight excluding hydrogens is 388 g/mol. The molecule has 0 aliphatic heterocycles. The zero-order valence-electron chi connectivity index (χ0n) is 17.4. The average Bonchev–Trinajstić information content (AvgIpc) is 3.27. The van der Waals surface area contributed by atoms with Gasteiger partial charge in [0, 0.05) is 35.9 Å². The molecule has 4 aromatic rings. The van der Waals surface area contributed by atoms with E-state index in [9.17, 15) is 0 Å². The van der Waals surface area contributed by atoms with Crippen LogP contribution in [0.5, 0.6) is 0 Å². The van der Waals surface area contributed by atoms with Crippen LogP contribution < -0.4 is 10.6 Å². The monoisotopic (exact) mass is 414 g/mol. The molecule has 2 aliphatic carbocycles. The number of aromatic nitrogens is 6. The van der Waals surface area contributed by atoms with Gasteiger partial charge in [-0.3, -0.25) is 0 Å². The van der Waals surface area contributed by atoms with E-state index in [2.05, 4.69) is 32.3 Å². The molecule has 0 bridgehead atoms. The standard InChI is InChI=1S/C23H26N8/c1-2-4-19(5-3-1)31-15-25-20-21(26-16-6-7-16)28-23(29-22(20)31)27-17-8-10-18(11-9-17)30-13-12-24-14-30/h8-16,19H,1-7H2,(H2,26,27,28,29). The molecule has 0 saturated heterocycles. The molecule has 2 N–H and O–H groups in total. The Kier molecular flexibility index (Phi) is 4.55. The van der Waals surface area contributed by atoms with Crippen LogP contribution in [0.2, 0.25) is 0 Å². The Morgan fingerprint density at radius 2 is 1.74 bits per heavy atom. The van der Waals surface area contributed by atoms with Gasteiger partial charge < -0.3 is 19.8 Å². The SMILES string of the molecule is c1cn(-c2ccc(Nc3nc(NC4CC4)c4ncn(C5CCCCC5)c4n3)cc2)cn1. The second-order valence-corrected chi connectivity index (χ2v) is 8.57. The number of hydrogen-bond acceptors (Lipinski definition) is 6. The van der Waals surface area contributed by atoms with E-state index < -0.39 is 0 Å². The van der Waals surface area contributed by atoms with Crippen LogP contribution in [0, 0.1) is 0 Å². The molecule has 31 heavy (non-hydrogen) atoms. The summed E-state index contributed by atoms with van der Waals surface area (Å²) in [4.78, 5) is 18.5. The Labute approximate surface area is 180 Å². The molecule has 0 unspecified atom stereocenters. The lowest BCUT2D eigenvalue weighted by Crippen LogP contribution is -2.13. The predicted octanol–water partition coefficient (Wildman–Crippen LogP) is 4.84. The van der Waals surface area contributed by atoms with Gasteiger partial charge in [0.05, 0.1) is 12.7 Å². The van der Waals surface area contributed by atoms with E-state index in [-0.39, 0.29) is 0 Å². The molecule has 158 valence electrons. The number of fused-ring (bicyclic) bond motifs is 1. The normalized spacial score (nSPS) is 17.2. The number of benzene rings is 1. The number of hydrogen-bond donors (Lipinski definition) is 2. The number of rotatable bonds is 6. The van der Waals surface area contributed by atoms with Gasteiger partial charge in [-0.2, -0.15) is 9.97 Å². The van der Waals surface area contributed by atoms with Crippen LogP contribution in [-0.4, -0.2) is 35.1 Å². The van der Waals surface area contributed by atoms with Crippen LogP contribution in [0.1, 0.15) is 51.0 Å². The minimum absolute atomic E-state index is 0.477. The Morgan fingerprint density at radius 1 is 0.903 bits per heavy atom. The molecule has 6 rings (SSSR count). The van der Waals surface area contributed by atoms with Crippen LogP contribution in [0.3, 0.4) is 0 Å². The first-order valence-corrected chi connectivity index (χ1v) is 11.2. The van der Waals surface area contributed by atoms with Gasteiger partial charge in [-0.15, -0.1) is 0 Å². The Morgan fingerprint density at radius 3 is 2.48 bits per heavy atom. The van der Waals surface area contributed by atoms with Crippen molar-refractivity contribution >= 4 is 28.6 Å². The van der Waals surface area contributed by atoms with Crippen molar-refractivity contribution in [3.63, 3.8) is 0 Å². The van der Waals surface area contributed by atoms with Crippen LogP contribution in [0.15, 0.2) is 49.3 Å². The minimum atomic E-state index is 0.477. The summed E-state index contributed by atoms with van der Waals surface area (Å²) in [5, 5.41) is 6.95. The van der Waals surface area contributed by atoms with Gasteiger partial charge in [-0.1, -0.05) is 19.3 Å². The Hall–Kier alpha value is -3.42.